The first-order valence-corrected chi connectivity index (χ1v) is 4.95. The van der Waals surface area contributed by atoms with Crippen LogP contribution in [0.1, 0.15) is 5.56 Å². The van der Waals surface area contributed by atoms with E-state index in [-0.39, 0.29) is 0 Å². The van der Waals surface area contributed by atoms with Gasteiger partial charge in [-0.25, -0.2) is 9.18 Å². The largest absolute Gasteiger partial charge is 0.491 e. The lowest BCUT2D eigenvalue weighted by Crippen LogP contribution is -2.04. The molecule has 1 aromatic rings. The van der Waals surface area contributed by atoms with Gasteiger partial charge in [-0.2, -0.15) is 0 Å². The molecule has 0 aliphatic heterocycles. The fourth-order valence-corrected chi connectivity index (χ4v) is 1.17. The summed E-state index contributed by atoms with van der Waals surface area (Å²) in [5, 5.41) is 8.46. The van der Waals surface area contributed by atoms with E-state index in [9.17, 15) is 9.18 Å². The van der Waals surface area contributed by atoms with Crippen LogP contribution in [0, 0.1) is 5.82 Å². The standard InChI is InChI=1S/C12H13FO4/c1-16-4-5-17-11-7-9(2-3-12(14)15)6-10(13)8-11/h2-3,6-8H,4-5H2,1H3,(H,14,15)/b3-2+. The minimum atomic E-state index is -1.09. The third-order valence-electron chi connectivity index (χ3n) is 1.87. The molecule has 5 heteroatoms. The van der Waals surface area contributed by atoms with Gasteiger partial charge in [0.15, 0.2) is 0 Å². The van der Waals surface area contributed by atoms with Gasteiger partial charge in [0.25, 0.3) is 0 Å². The summed E-state index contributed by atoms with van der Waals surface area (Å²) >= 11 is 0. The quantitative estimate of drug-likeness (QED) is 0.610. The number of carboxylic acid groups (broad SMARTS) is 1. The maximum absolute atomic E-state index is 13.2. The van der Waals surface area contributed by atoms with Crippen LogP contribution in [0.4, 0.5) is 4.39 Å². The monoisotopic (exact) mass is 240 g/mol. The van der Waals surface area contributed by atoms with E-state index in [4.69, 9.17) is 14.6 Å². The number of rotatable bonds is 6. The zero-order valence-electron chi connectivity index (χ0n) is 9.35. The van der Waals surface area contributed by atoms with Crippen LogP contribution < -0.4 is 4.74 Å². The van der Waals surface area contributed by atoms with Crippen molar-refractivity contribution >= 4 is 12.0 Å². The molecule has 0 saturated heterocycles. The van der Waals surface area contributed by atoms with E-state index in [0.717, 1.165) is 6.08 Å². The zero-order valence-corrected chi connectivity index (χ0v) is 9.35. The lowest BCUT2D eigenvalue weighted by atomic mass is 10.2. The Hall–Kier alpha value is -1.88. The van der Waals surface area contributed by atoms with Crippen molar-refractivity contribution in [1.82, 2.24) is 0 Å². The van der Waals surface area contributed by atoms with Crippen molar-refractivity contribution < 1.29 is 23.8 Å². The van der Waals surface area contributed by atoms with Gasteiger partial charge in [-0.1, -0.05) is 0 Å². The lowest BCUT2D eigenvalue weighted by Gasteiger charge is -2.06. The number of carbonyl (C=O) groups is 1. The van der Waals surface area contributed by atoms with E-state index in [1.54, 1.807) is 6.07 Å². The van der Waals surface area contributed by atoms with Gasteiger partial charge in [0.05, 0.1) is 6.61 Å². The van der Waals surface area contributed by atoms with E-state index in [1.165, 1.54) is 25.3 Å². The van der Waals surface area contributed by atoms with E-state index < -0.39 is 11.8 Å². The van der Waals surface area contributed by atoms with Gasteiger partial charge < -0.3 is 14.6 Å². The molecule has 0 aromatic heterocycles. The van der Waals surface area contributed by atoms with E-state index in [2.05, 4.69) is 0 Å². The molecule has 0 bridgehead atoms. The van der Waals surface area contributed by atoms with Gasteiger partial charge in [-0.3, -0.25) is 0 Å². The van der Waals surface area contributed by atoms with Crippen LogP contribution in [0.3, 0.4) is 0 Å². The number of hydrogen-bond donors (Lipinski definition) is 1. The second-order valence-corrected chi connectivity index (χ2v) is 3.23. The van der Waals surface area contributed by atoms with Crippen LogP contribution in [-0.4, -0.2) is 31.4 Å². The highest BCUT2D eigenvalue weighted by Gasteiger charge is 2.00. The topological polar surface area (TPSA) is 55.8 Å². The number of ether oxygens (including phenoxy) is 2. The normalized spacial score (nSPS) is 10.7. The maximum atomic E-state index is 13.2. The summed E-state index contributed by atoms with van der Waals surface area (Å²) in [5.41, 5.74) is 0.430. The van der Waals surface area contributed by atoms with Gasteiger partial charge in [0, 0.05) is 19.3 Å². The molecule has 0 fully saturated rings. The average molecular weight is 240 g/mol. The molecule has 0 spiro atoms. The summed E-state index contributed by atoms with van der Waals surface area (Å²) in [6.07, 6.45) is 2.24. The second-order valence-electron chi connectivity index (χ2n) is 3.23. The molecule has 0 atom stereocenters. The minimum absolute atomic E-state index is 0.308. The van der Waals surface area contributed by atoms with Gasteiger partial charge in [-0.15, -0.1) is 0 Å². The molecule has 0 radical (unpaired) electrons. The van der Waals surface area contributed by atoms with Crippen molar-refractivity contribution in [2.45, 2.75) is 0 Å². The second kappa shape index (κ2) is 6.65. The maximum Gasteiger partial charge on any atom is 0.328 e. The zero-order chi connectivity index (χ0) is 12.7. The van der Waals surface area contributed by atoms with Gasteiger partial charge in [-0.05, 0) is 23.8 Å². The van der Waals surface area contributed by atoms with Crippen molar-refractivity contribution in [2.24, 2.45) is 0 Å². The van der Waals surface area contributed by atoms with Crippen LogP contribution in [-0.2, 0) is 9.53 Å². The SMILES string of the molecule is COCCOc1cc(F)cc(/C=C/C(=O)O)c1. The molecule has 0 heterocycles. The first-order valence-electron chi connectivity index (χ1n) is 4.95. The Bertz CT molecular complexity index is 415. The third kappa shape index (κ3) is 5.12. The van der Waals surface area contributed by atoms with E-state index >= 15 is 0 Å². The number of carboxylic acids is 1. The average Bonchev–Trinajstić information content (AvgIpc) is 2.26. The molecule has 4 nitrogen and oxygen atoms in total. The summed E-state index contributed by atoms with van der Waals surface area (Å²) in [6.45, 7) is 0.707. The summed E-state index contributed by atoms with van der Waals surface area (Å²) in [4.78, 5) is 10.3. The van der Waals surface area contributed by atoms with Crippen molar-refractivity contribution in [1.29, 1.82) is 0 Å². The number of benzene rings is 1. The number of aliphatic carboxylic acids is 1. The molecular weight excluding hydrogens is 227 g/mol. The Kier molecular flexibility index (Phi) is 5.16. The van der Waals surface area contributed by atoms with Gasteiger partial charge >= 0.3 is 5.97 Å². The first kappa shape index (κ1) is 13.2. The van der Waals surface area contributed by atoms with Gasteiger partial charge in [0.2, 0.25) is 0 Å². The highest BCUT2D eigenvalue weighted by Crippen LogP contribution is 2.17. The van der Waals surface area contributed by atoms with Crippen molar-refractivity contribution in [2.75, 3.05) is 20.3 Å². The fraction of sp³-hybridized carbons (Fsp3) is 0.250. The molecule has 1 aromatic carbocycles. The predicted molar refractivity (Wildman–Crippen MR) is 60.4 cm³/mol. The van der Waals surface area contributed by atoms with Crippen LogP contribution in [0.5, 0.6) is 5.75 Å². The number of methoxy groups -OCH3 is 1. The molecule has 0 aliphatic carbocycles. The molecule has 0 aliphatic rings. The van der Waals surface area contributed by atoms with Crippen LogP contribution in [0.2, 0.25) is 0 Å². The molecular formula is C12H13FO4. The van der Waals surface area contributed by atoms with Crippen molar-refractivity contribution in [3.63, 3.8) is 0 Å². The molecule has 1 N–H and O–H groups in total. The lowest BCUT2D eigenvalue weighted by molar-refractivity contribution is -0.131. The Labute approximate surface area is 98.3 Å². The third-order valence-corrected chi connectivity index (χ3v) is 1.87. The highest BCUT2D eigenvalue weighted by atomic mass is 19.1. The molecule has 0 unspecified atom stereocenters. The molecule has 0 amide bonds. The Morgan fingerprint density at radius 2 is 2.18 bits per heavy atom. The summed E-state index contributed by atoms with van der Waals surface area (Å²) in [5.74, 6) is -1.23. The Balaban J connectivity index is 2.75. The van der Waals surface area contributed by atoms with E-state index in [0.29, 0.717) is 24.5 Å². The summed E-state index contributed by atoms with van der Waals surface area (Å²) in [6, 6.07) is 4.01. The highest BCUT2D eigenvalue weighted by molar-refractivity contribution is 5.85. The predicted octanol–water partition coefficient (Wildman–Crippen LogP) is 1.95. The Morgan fingerprint density at radius 1 is 1.41 bits per heavy atom. The number of halogens is 1. The molecule has 0 saturated carbocycles. The van der Waals surface area contributed by atoms with Crippen LogP contribution >= 0.6 is 0 Å². The first-order chi connectivity index (χ1) is 8.11. The smallest absolute Gasteiger partial charge is 0.328 e. The fourth-order valence-electron chi connectivity index (χ4n) is 1.17. The van der Waals surface area contributed by atoms with Crippen molar-refractivity contribution in [3.8, 4) is 5.75 Å². The number of hydrogen-bond acceptors (Lipinski definition) is 3. The molecule has 92 valence electrons. The summed E-state index contributed by atoms with van der Waals surface area (Å²) < 4.78 is 23.2. The minimum Gasteiger partial charge on any atom is -0.491 e. The Morgan fingerprint density at radius 3 is 2.82 bits per heavy atom. The van der Waals surface area contributed by atoms with Crippen LogP contribution in [0.15, 0.2) is 24.3 Å². The molecule has 17 heavy (non-hydrogen) atoms. The van der Waals surface area contributed by atoms with Crippen molar-refractivity contribution in [3.05, 3.63) is 35.7 Å². The summed E-state index contributed by atoms with van der Waals surface area (Å²) in [7, 11) is 1.54. The molecule has 1 rings (SSSR count). The van der Waals surface area contributed by atoms with Crippen LogP contribution in [0.25, 0.3) is 6.08 Å². The van der Waals surface area contributed by atoms with Gasteiger partial charge in [0.1, 0.15) is 18.2 Å². The van der Waals surface area contributed by atoms with E-state index in [1.807, 2.05) is 0 Å².